The predicted octanol–water partition coefficient (Wildman–Crippen LogP) is 2.25. The second kappa shape index (κ2) is 6.04. The molecule has 0 aliphatic carbocycles. The van der Waals surface area contributed by atoms with Crippen LogP contribution in [0.15, 0.2) is 18.2 Å². The van der Waals surface area contributed by atoms with E-state index >= 15 is 0 Å². The van der Waals surface area contributed by atoms with E-state index in [0.717, 1.165) is 11.2 Å². The first-order valence-corrected chi connectivity index (χ1v) is 6.46. The summed E-state index contributed by atoms with van der Waals surface area (Å²) in [6.45, 7) is 6.75. The maximum atomic E-state index is 13.8. The van der Waals surface area contributed by atoms with Crippen molar-refractivity contribution in [2.45, 2.75) is 26.8 Å². The zero-order chi connectivity index (χ0) is 14.7. The van der Waals surface area contributed by atoms with Crippen molar-refractivity contribution in [3.05, 3.63) is 35.7 Å². The Balaban J connectivity index is 2.33. The summed E-state index contributed by atoms with van der Waals surface area (Å²) in [5.74, 6) is -0.578. The highest BCUT2D eigenvalue weighted by atomic mass is 19.1. The Kier molecular flexibility index (Phi) is 4.39. The normalized spacial score (nSPS) is 12.9. The fourth-order valence-electron chi connectivity index (χ4n) is 1.82. The lowest BCUT2D eigenvalue weighted by Gasteiger charge is -2.15. The lowest BCUT2D eigenvalue weighted by Crippen LogP contribution is -2.26. The number of tetrazole rings is 1. The van der Waals surface area contributed by atoms with Crippen LogP contribution in [-0.2, 0) is 0 Å². The Bertz CT molecular complexity index is 562. The predicted molar refractivity (Wildman–Crippen MR) is 70.3 cm³/mol. The second-order valence-electron chi connectivity index (χ2n) is 5.04. The van der Waals surface area contributed by atoms with E-state index in [9.17, 15) is 8.78 Å². The van der Waals surface area contributed by atoms with Gasteiger partial charge in [-0.25, -0.2) is 8.78 Å². The fourth-order valence-corrected chi connectivity index (χ4v) is 1.82. The molecule has 20 heavy (non-hydrogen) atoms. The van der Waals surface area contributed by atoms with E-state index in [4.69, 9.17) is 0 Å². The minimum atomic E-state index is -0.699. The van der Waals surface area contributed by atoms with Gasteiger partial charge < -0.3 is 5.32 Å². The number of nitrogens with one attached hydrogen (secondary N) is 1. The molecule has 0 aliphatic heterocycles. The van der Waals surface area contributed by atoms with Crippen LogP contribution < -0.4 is 5.32 Å². The summed E-state index contributed by atoms with van der Waals surface area (Å²) in [7, 11) is 0. The van der Waals surface area contributed by atoms with E-state index in [2.05, 4.69) is 34.7 Å². The van der Waals surface area contributed by atoms with Gasteiger partial charge in [-0.2, -0.15) is 4.68 Å². The third-order valence-electron chi connectivity index (χ3n) is 2.86. The van der Waals surface area contributed by atoms with Crippen molar-refractivity contribution < 1.29 is 8.78 Å². The monoisotopic (exact) mass is 281 g/mol. The largest absolute Gasteiger partial charge is 0.307 e. The van der Waals surface area contributed by atoms with Gasteiger partial charge in [-0.05, 0) is 41.9 Å². The van der Waals surface area contributed by atoms with Crippen molar-refractivity contribution in [2.75, 3.05) is 6.54 Å². The number of halogens is 2. The molecule has 1 unspecified atom stereocenters. The quantitative estimate of drug-likeness (QED) is 0.913. The third kappa shape index (κ3) is 2.98. The van der Waals surface area contributed by atoms with E-state index in [-0.39, 0.29) is 11.7 Å². The molecule has 2 aromatic rings. The third-order valence-corrected chi connectivity index (χ3v) is 2.86. The molecule has 1 aromatic heterocycles. The Hall–Kier alpha value is -1.89. The summed E-state index contributed by atoms with van der Waals surface area (Å²) in [6.07, 6.45) is 0. The second-order valence-corrected chi connectivity index (χ2v) is 5.04. The molecule has 1 heterocycles. The maximum absolute atomic E-state index is 13.8. The van der Waals surface area contributed by atoms with E-state index in [0.29, 0.717) is 11.7 Å². The minimum Gasteiger partial charge on any atom is -0.307 e. The van der Waals surface area contributed by atoms with Crippen molar-refractivity contribution in [3.8, 4) is 5.69 Å². The molecule has 0 saturated heterocycles. The van der Waals surface area contributed by atoms with Crippen molar-refractivity contribution in [1.29, 1.82) is 0 Å². The summed E-state index contributed by atoms with van der Waals surface area (Å²) in [5, 5.41) is 14.3. The molecular formula is C13H17F2N5. The molecule has 108 valence electrons. The smallest absolute Gasteiger partial charge is 0.173 e. The van der Waals surface area contributed by atoms with Crippen LogP contribution in [0.4, 0.5) is 8.78 Å². The number of benzene rings is 1. The Morgan fingerprint density at radius 2 is 1.85 bits per heavy atom. The molecule has 0 spiro atoms. The average molecular weight is 281 g/mol. The number of rotatable bonds is 5. The van der Waals surface area contributed by atoms with Crippen LogP contribution in [0.3, 0.4) is 0 Å². The first-order chi connectivity index (χ1) is 9.50. The summed E-state index contributed by atoms with van der Waals surface area (Å²) < 4.78 is 28.7. The van der Waals surface area contributed by atoms with Crippen LogP contribution in [0.1, 0.15) is 32.6 Å². The molecule has 0 fully saturated rings. The van der Waals surface area contributed by atoms with Gasteiger partial charge in [0.15, 0.2) is 17.5 Å². The summed E-state index contributed by atoms with van der Waals surface area (Å²) >= 11 is 0. The molecule has 0 radical (unpaired) electrons. The maximum Gasteiger partial charge on any atom is 0.173 e. The molecular weight excluding hydrogens is 264 g/mol. The SMILES string of the molecule is CC(C)CNC(C)c1nnnn1-c1c(F)cccc1F. The molecule has 0 bridgehead atoms. The molecule has 1 N–H and O–H groups in total. The van der Waals surface area contributed by atoms with Gasteiger partial charge >= 0.3 is 0 Å². The Morgan fingerprint density at radius 3 is 2.45 bits per heavy atom. The molecule has 1 atom stereocenters. The molecule has 7 heteroatoms. The Labute approximate surface area is 116 Å². The van der Waals surface area contributed by atoms with E-state index in [1.165, 1.54) is 18.2 Å². The zero-order valence-electron chi connectivity index (χ0n) is 11.6. The Morgan fingerprint density at radius 1 is 1.20 bits per heavy atom. The molecule has 0 aliphatic rings. The summed E-state index contributed by atoms with van der Waals surface area (Å²) in [6, 6.07) is 3.44. The number of para-hydroxylation sites is 1. The van der Waals surface area contributed by atoms with Gasteiger partial charge in [0.05, 0.1) is 6.04 Å². The highest BCUT2D eigenvalue weighted by molar-refractivity contribution is 5.34. The van der Waals surface area contributed by atoms with Gasteiger partial charge in [0.2, 0.25) is 0 Å². The van der Waals surface area contributed by atoms with Gasteiger partial charge in [0.25, 0.3) is 0 Å². The van der Waals surface area contributed by atoms with Crippen molar-refractivity contribution in [3.63, 3.8) is 0 Å². The molecule has 2 rings (SSSR count). The van der Waals surface area contributed by atoms with Crippen molar-refractivity contribution in [1.82, 2.24) is 25.5 Å². The van der Waals surface area contributed by atoms with Gasteiger partial charge in [0.1, 0.15) is 5.69 Å². The first kappa shape index (κ1) is 14.5. The number of hydrogen-bond acceptors (Lipinski definition) is 4. The molecule has 0 amide bonds. The average Bonchev–Trinajstić information content (AvgIpc) is 2.85. The number of nitrogens with zero attached hydrogens (tertiary/aromatic N) is 4. The van der Waals surface area contributed by atoms with Gasteiger partial charge in [0, 0.05) is 0 Å². The van der Waals surface area contributed by atoms with Crippen LogP contribution in [0.5, 0.6) is 0 Å². The van der Waals surface area contributed by atoms with Gasteiger partial charge in [-0.15, -0.1) is 5.10 Å². The van der Waals surface area contributed by atoms with Crippen LogP contribution in [-0.4, -0.2) is 26.8 Å². The fraction of sp³-hybridized carbons (Fsp3) is 0.462. The standard InChI is InChI=1S/C13H17F2N5/c1-8(2)7-16-9(3)13-17-18-19-20(13)12-10(14)5-4-6-11(12)15/h4-6,8-9,16H,7H2,1-3H3. The van der Waals surface area contributed by atoms with E-state index in [1.807, 2.05) is 6.92 Å². The summed E-state index contributed by atoms with van der Waals surface area (Å²) in [5.41, 5.74) is -0.259. The van der Waals surface area contributed by atoms with Crippen LogP contribution in [0.25, 0.3) is 5.69 Å². The minimum absolute atomic E-state index is 0.216. The molecule has 1 aromatic carbocycles. The highest BCUT2D eigenvalue weighted by Crippen LogP contribution is 2.20. The summed E-state index contributed by atoms with van der Waals surface area (Å²) in [4.78, 5) is 0. The molecule has 5 nitrogen and oxygen atoms in total. The van der Waals surface area contributed by atoms with E-state index in [1.54, 1.807) is 0 Å². The topological polar surface area (TPSA) is 55.6 Å². The van der Waals surface area contributed by atoms with E-state index < -0.39 is 11.6 Å². The lowest BCUT2D eigenvalue weighted by molar-refractivity contribution is 0.469. The molecule has 0 saturated carbocycles. The first-order valence-electron chi connectivity index (χ1n) is 6.46. The van der Waals surface area contributed by atoms with Crippen molar-refractivity contribution >= 4 is 0 Å². The number of aromatic nitrogens is 4. The zero-order valence-corrected chi connectivity index (χ0v) is 11.6. The lowest BCUT2D eigenvalue weighted by atomic mass is 10.2. The van der Waals surface area contributed by atoms with Gasteiger partial charge in [-0.3, -0.25) is 0 Å². The van der Waals surface area contributed by atoms with Crippen LogP contribution >= 0.6 is 0 Å². The van der Waals surface area contributed by atoms with Gasteiger partial charge in [-0.1, -0.05) is 19.9 Å². The van der Waals surface area contributed by atoms with Crippen LogP contribution in [0, 0.1) is 17.6 Å². The number of hydrogen-bond donors (Lipinski definition) is 1. The highest BCUT2D eigenvalue weighted by Gasteiger charge is 2.20. The van der Waals surface area contributed by atoms with Crippen molar-refractivity contribution in [2.24, 2.45) is 5.92 Å². The van der Waals surface area contributed by atoms with Crippen LogP contribution in [0.2, 0.25) is 0 Å².